The maximum atomic E-state index is 17.0. The van der Waals surface area contributed by atoms with E-state index >= 15 is 4.39 Å². The lowest BCUT2D eigenvalue weighted by Gasteiger charge is -2.40. The van der Waals surface area contributed by atoms with Gasteiger partial charge in [0.15, 0.2) is 6.17 Å². The highest BCUT2D eigenvalue weighted by Crippen LogP contribution is 2.43. The van der Waals surface area contributed by atoms with Crippen LogP contribution in [-0.2, 0) is 0 Å². The van der Waals surface area contributed by atoms with Crippen LogP contribution in [0.4, 0.5) is 21.6 Å². The summed E-state index contributed by atoms with van der Waals surface area (Å²) < 4.78 is 21.5. The van der Waals surface area contributed by atoms with Gasteiger partial charge in [-0.2, -0.15) is 0 Å². The Kier molecular flexibility index (Phi) is 6.58. The molecule has 54 heavy (non-hydrogen) atoms. The van der Waals surface area contributed by atoms with Gasteiger partial charge in [0.25, 0.3) is 0 Å². The first-order valence-electron chi connectivity index (χ1n) is 18.4. The molecule has 0 saturated carbocycles. The molecule has 1 aliphatic rings. The molecular formula is C47H34FN5Si. The number of pyridine rings is 2. The maximum Gasteiger partial charge on any atom is 0.150 e. The molecule has 258 valence electrons. The van der Waals surface area contributed by atoms with Gasteiger partial charge in [0.05, 0.1) is 16.6 Å². The Morgan fingerprint density at radius 1 is 0.537 bits per heavy atom. The van der Waals surface area contributed by atoms with E-state index in [4.69, 9.17) is 4.98 Å². The van der Waals surface area contributed by atoms with Crippen LogP contribution in [0, 0.1) is 0 Å². The number of anilines is 3. The van der Waals surface area contributed by atoms with E-state index in [-0.39, 0.29) is 0 Å². The topological polar surface area (TPSA) is 38.4 Å². The zero-order chi connectivity index (χ0) is 36.1. The first-order valence-corrected chi connectivity index (χ1v) is 21.4. The molecular weight excluding hydrogens is 682 g/mol. The molecule has 10 aromatic rings. The minimum atomic E-state index is -2.25. The molecule has 1 aliphatic heterocycles. The van der Waals surface area contributed by atoms with Crippen LogP contribution in [0.1, 0.15) is 17.3 Å². The van der Waals surface area contributed by atoms with Crippen LogP contribution in [0.15, 0.2) is 164 Å². The number of hydrogen-bond donors (Lipinski definition) is 0. The van der Waals surface area contributed by atoms with E-state index < -0.39 is 14.2 Å². The number of fused-ring (bicyclic) bond motifs is 11. The van der Waals surface area contributed by atoms with E-state index in [1.165, 1.54) is 32.2 Å². The van der Waals surface area contributed by atoms with Crippen molar-refractivity contribution in [1.29, 1.82) is 0 Å². The number of alkyl halides is 1. The molecule has 1 atom stereocenters. The average molecular weight is 716 g/mol. The number of hydrogen-bond acceptors (Lipinski definition) is 3. The molecule has 7 heteroatoms. The molecule has 11 rings (SSSR count). The third-order valence-electron chi connectivity index (χ3n) is 11.5. The molecule has 0 spiro atoms. The summed E-state index contributed by atoms with van der Waals surface area (Å²) in [5, 5.41) is 8.06. The van der Waals surface area contributed by atoms with Gasteiger partial charge in [0.2, 0.25) is 0 Å². The van der Waals surface area contributed by atoms with Crippen LogP contribution in [0.5, 0.6) is 0 Å². The number of para-hydroxylation sites is 3. The highest BCUT2D eigenvalue weighted by atomic mass is 28.3. The van der Waals surface area contributed by atoms with Crippen molar-refractivity contribution >= 4 is 84.8 Å². The molecule has 4 aromatic heterocycles. The highest BCUT2D eigenvalue weighted by Gasteiger charge is 2.40. The molecule has 0 saturated heterocycles. The molecule has 1 unspecified atom stereocenters. The molecule has 0 fully saturated rings. The summed E-state index contributed by atoms with van der Waals surface area (Å²) in [6, 6.07) is 50.5. The Labute approximate surface area is 312 Å². The normalized spacial score (nSPS) is 14.2. The standard InChI is InChI=1S/C47H34FN5Si/c1-54(2)43-20-11-23-49-47(43)53(42-28-37-36-17-7-9-19-40(36)52(41(37)29-44(42)54)32-13-4-3-5-14-32)33-15-10-12-30(26-33)45(48)31-21-22-34-35-16-6-8-18-39(35)51-25-24-50-46(51)38(34)27-31/h3-29,45H,1-2H3. The summed E-state index contributed by atoms with van der Waals surface area (Å²) in [6.07, 6.45) is 4.31. The number of halogens is 1. The Morgan fingerprint density at radius 2 is 1.28 bits per heavy atom. The maximum absolute atomic E-state index is 17.0. The lowest BCUT2D eigenvalue weighted by molar-refractivity contribution is 0.402. The Morgan fingerprint density at radius 3 is 2.13 bits per heavy atom. The fourth-order valence-electron chi connectivity index (χ4n) is 8.89. The Balaban J connectivity index is 1.10. The van der Waals surface area contributed by atoms with E-state index in [9.17, 15) is 0 Å². The second-order valence-electron chi connectivity index (χ2n) is 14.8. The van der Waals surface area contributed by atoms with Gasteiger partial charge in [-0.05, 0) is 87.6 Å². The van der Waals surface area contributed by atoms with Gasteiger partial charge in [-0.3, -0.25) is 9.30 Å². The largest absolute Gasteiger partial charge is 0.309 e. The van der Waals surface area contributed by atoms with E-state index in [1.807, 2.05) is 73.2 Å². The van der Waals surface area contributed by atoms with Gasteiger partial charge in [-0.15, -0.1) is 0 Å². The predicted octanol–water partition coefficient (Wildman–Crippen LogP) is 10.8. The van der Waals surface area contributed by atoms with Crippen molar-refractivity contribution in [3.8, 4) is 5.69 Å². The average Bonchev–Trinajstić information content (AvgIpc) is 3.84. The van der Waals surface area contributed by atoms with Crippen LogP contribution in [0.2, 0.25) is 13.1 Å². The zero-order valence-corrected chi connectivity index (χ0v) is 30.8. The number of benzene rings is 6. The SMILES string of the molecule is C[Si]1(C)c2cc3c(cc2N(c2cccc(C(F)c4ccc5c6ccccc6n6ccnc6c5c4)c2)c2ncccc21)c1ccccc1n3-c1ccccc1. The van der Waals surface area contributed by atoms with Crippen molar-refractivity contribution < 1.29 is 4.39 Å². The summed E-state index contributed by atoms with van der Waals surface area (Å²) in [6.45, 7) is 4.83. The van der Waals surface area contributed by atoms with Crippen LogP contribution in [-0.4, -0.2) is 27.0 Å². The number of imidazole rings is 1. The first-order chi connectivity index (χ1) is 26.5. The molecule has 0 amide bonds. The van der Waals surface area contributed by atoms with Crippen LogP contribution < -0.4 is 15.3 Å². The fourth-order valence-corrected chi connectivity index (χ4v) is 11.8. The van der Waals surface area contributed by atoms with Gasteiger partial charge in [-0.1, -0.05) is 98.0 Å². The molecule has 5 heterocycles. The van der Waals surface area contributed by atoms with E-state index in [1.54, 1.807) is 0 Å². The second kappa shape index (κ2) is 11.5. The predicted molar refractivity (Wildman–Crippen MR) is 223 cm³/mol. The molecule has 0 N–H and O–H groups in total. The van der Waals surface area contributed by atoms with Crippen LogP contribution in [0.3, 0.4) is 0 Å². The summed E-state index contributed by atoms with van der Waals surface area (Å²) in [4.78, 5) is 12.0. The molecule has 6 aromatic carbocycles. The van der Waals surface area contributed by atoms with Crippen molar-refractivity contribution in [3.05, 3.63) is 175 Å². The van der Waals surface area contributed by atoms with Crippen molar-refractivity contribution in [1.82, 2.24) is 18.9 Å². The summed E-state index contributed by atoms with van der Waals surface area (Å²) in [5.74, 6) is 0.916. The van der Waals surface area contributed by atoms with Crippen molar-refractivity contribution in [2.24, 2.45) is 0 Å². The third kappa shape index (κ3) is 4.36. The van der Waals surface area contributed by atoms with E-state index in [2.05, 4.69) is 123 Å². The van der Waals surface area contributed by atoms with Gasteiger partial charge in [0.1, 0.15) is 19.5 Å². The zero-order valence-electron chi connectivity index (χ0n) is 29.8. The smallest absolute Gasteiger partial charge is 0.150 e. The Bertz CT molecular complexity index is 3130. The third-order valence-corrected chi connectivity index (χ3v) is 15.0. The molecule has 0 radical (unpaired) electrons. The monoisotopic (exact) mass is 715 g/mol. The van der Waals surface area contributed by atoms with Crippen LogP contribution >= 0.6 is 0 Å². The van der Waals surface area contributed by atoms with Crippen molar-refractivity contribution in [2.45, 2.75) is 19.3 Å². The summed E-state index contributed by atoms with van der Waals surface area (Å²) in [5.41, 5.74) is 8.57. The van der Waals surface area contributed by atoms with Crippen molar-refractivity contribution in [2.75, 3.05) is 4.90 Å². The molecule has 0 aliphatic carbocycles. The van der Waals surface area contributed by atoms with Crippen molar-refractivity contribution in [3.63, 3.8) is 0 Å². The first kappa shape index (κ1) is 31.0. The lowest BCUT2D eigenvalue weighted by atomic mass is 9.97. The summed E-state index contributed by atoms with van der Waals surface area (Å²) >= 11 is 0. The minimum absolute atomic E-state index is 0.592. The Hall–Kier alpha value is -6.57. The number of rotatable bonds is 4. The highest BCUT2D eigenvalue weighted by molar-refractivity contribution is 7.02. The van der Waals surface area contributed by atoms with E-state index in [0.717, 1.165) is 50.2 Å². The lowest BCUT2D eigenvalue weighted by Crippen LogP contribution is -2.58. The quantitative estimate of drug-likeness (QED) is 0.135. The fraction of sp³-hybridized carbons (Fsp3) is 0.0638. The van der Waals surface area contributed by atoms with Gasteiger partial charge >= 0.3 is 0 Å². The summed E-state index contributed by atoms with van der Waals surface area (Å²) in [7, 11) is -2.25. The molecule has 5 nitrogen and oxygen atoms in total. The number of aromatic nitrogens is 4. The van der Waals surface area contributed by atoms with Gasteiger partial charge in [-0.25, -0.2) is 14.4 Å². The van der Waals surface area contributed by atoms with E-state index in [0.29, 0.717) is 11.1 Å². The minimum Gasteiger partial charge on any atom is -0.309 e. The van der Waals surface area contributed by atoms with Crippen LogP contribution in [0.25, 0.3) is 54.8 Å². The molecule has 0 bridgehead atoms. The second-order valence-corrected chi connectivity index (χ2v) is 19.1. The number of nitrogens with zero attached hydrogens (tertiary/aromatic N) is 5. The van der Waals surface area contributed by atoms with Gasteiger partial charge < -0.3 is 4.57 Å². The van der Waals surface area contributed by atoms with Gasteiger partial charge in [0, 0.05) is 57.2 Å².